The average Bonchev–Trinajstić information content (AvgIpc) is 2.32. The molecule has 3 nitrogen and oxygen atoms in total. The quantitative estimate of drug-likeness (QED) is 0.758. The van der Waals surface area contributed by atoms with Crippen LogP contribution in [0.15, 0.2) is 6.07 Å². The van der Waals surface area contributed by atoms with Crippen molar-refractivity contribution in [1.29, 1.82) is 0 Å². The maximum absolute atomic E-state index is 10.6. The van der Waals surface area contributed by atoms with Crippen molar-refractivity contribution in [3.05, 3.63) is 22.2 Å². The molecule has 0 radical (unpaired) electrons. The van der Waals surface area contributed by atoms with E-state index >= 15 is 0 Å². The largest absolute Gasteiger partial charge is 0.493 e. The highest BCUT2D eigenvalue weighted by atomic mass is 35.5. The normalized spacial score (nSPS) is 12.1. The fourth-order valence-corrected chi connectivity index (χ4v) is 2.12. The Bertz CT molecular complexity index is 416. The van der Waals surface area contributed by atoms with Crippen LogP contribution in [0.1, 0.15) is 30.4 Å². The van der Waals surface area contributed by atoms with Gasteiger partial charge in [0.2, 0.25) is 0 Å². The van der Waals surface area contributed by atoms with Crippen LogP contribution in [0.4, 0.5) is 0 Å². The second-order valence-electron chi connectivity index (χ2n) is 3.94. The summed E-state index contributed by atoms with van der Waals surface area (Å²) < 4.78 is 10.5. The van der Waals surface area contributed by atoms with Gasteiger partial charge in [-0.2, -0.15) is 0 Å². The summed E-state index contributed by atoms with van der Waals surface area (Å²) in [6, 6.07) is 1.88. The Morgan fingerprint density at radius 3 is 2.53 bits per heavy atom. The standard InChI is InChI=1S/C13H17ClO3/c1-8(5-6-15)10-7-11(16-3)13(17-4)12(14)9(10)2/h6-8H,5H2,1-4H3. The van der Waals surface area contributed by atoms with E-state index in [0.717, 1.165) is 17.4 Å². The van der Waals surface area contributed by atoms with E-state index in [0.29, 0.717) is 22.9 Å². The highest BCUT2D eigenvalue weighted by Crippen LogP contribution is 2.41. The van der Waals surface area contributed by atoms with Crippen molar-refractivity contribution in [2.75, 3.05) is 14.2 Å². The molecule has 17 heavy (non-hydrogen) atoms. The maximum atomic E-state index is 10.6. The molecule has 0 saturated heterocycles. The number of carbonyl (C=O) groups excluding carboxylic acids is 1. The first-order valence-electron chi connectivity index (χ1n) is 5.41. The number of hydrogen-bond donors (Lipinski definition) is 0. The molecule has 0 bridgehead atoms. The monoisotopic (exact) mass is 256 g/mol. The topological polar surface area (TPSA) is 35.5 Å². The van der Waals surface area contributed by atoms with Crippen molar-refractivity contribution in [2.24, 2.45) is 0 Å². The van der Waals surface area contributed by atoms with Crippen molar-refractivity contribution in [3.8, 4) is 11.5 Å². The molecular weight excluding hydrogens is 240 g/mol. The summed E-state index contributed by atoms with van der Waals surface area (Å²) in [5.74, 6) is 1.24. The van der Waals surface area contributed by atoms with Crippen LogP contribution < -0.4 is 9.47 Å². The highest BCUT2D eigenvalue weighted by molar-refractivity contribution is 6.33. The van der Waals surface area contributed by atoms with Gasteiger partial charge in [-0.1, -0.05) is 18.5 Å². The summed E-state index contributed by atoms with van der Waals surface area (Å²) in [6.45, 7) is 3.90. The smallest absolute Gasteiger partial charge is 0.179 e. The zero-order valence-electron chi connectivity index (χ0n) is 10.5. The Balaban J connectivity index is 3.33. The predicted octanol–water partition coefficient (Wildman–Crippen LogP) is 3.36. The lowest BCUT2D eigenvalue weighted by Crippen LogP contribution is -2.01. The van der Waals surface area contributed by atoms with Gasteiger partial charge in [0, 0.05) is 6.42 Å². The van der Waals surface area contributed by atoms with E-state index in [1.807, 2.05) is 19.9 Å². The van der Waals surface area contributed by atoms with Crippen molar-refractivity contribution < 1.29 is 14.3 Å². The van der Waals surface area contributed by atoms with Crippen molar-refractivity contribution in [3.63, 3.8) is 0 Å². The lowest BCUT2D eigenvalue weighted by molar-refractivity contribution is -0.108. The van der Waals surface area contributed by atoms with Crippen molar-refractivity contribution >= 4 is 17.9 Å². The molecule has 0 aliphatic heterocycles. The number of hydrogen-bond acceptors (Lipinski definition) is 3. The SMILES string of the molecule is COc1cc(C(C)CC=O)c(C)c(Cl)c1OC. The second-order valence-corrected chi connectivity index (χ2v) is 4.32. The highest BCUT2D eigenvalue weighted by Gasteiger charge is 2.18. The molecule has 0 N–H and O–H groups in total. The first-order chi connectivity index (χ1) is 8.06. The summed E-state index contributed by atoms with van der Waals surface area (Å²) >= 11 is 6.23. The van der Waals surface area contributed by atoms with Crippen LogP contribution in [0, 0.1) is 6.92 Å². The molecule has 0 aromatic heterocycles. The summed E-state index contributed by atoms with van der Waals surface area (Å²) in [4.78, 5) is 10.6. The van der Waals surface area contributed by atoms with Gasteiger partial charge >= 0.3 is 0 Å². The van der Waals surface area contributed by atoms with Gasteiger partial charge in [-0.05, 0) is 30.0 Å². The molecule has 1 unspecified atom stereocenters. The maximum Gasteiger partial charge on any atom is 0.179 e. The molecule has 0 spiro atoms. The fourth-order valence-electron chi connectivity index (χ4n) is 1.85. The lowest BCUT2D eigenvalue weighted by atomic mass is 9.93. The van der Waals surface area contributed by atoms with Crippen LogP contribution in [0.5, 0.6) is 11.5 Å². The minimum Gasteiger partial charge on any atom is -0.493 e. The second kappa shape index (κ2) is 5.92. The molecule has 0 fully saturated rings. The van der Waals surface area contributed by atoms with Crippen LogP contribution in [-0.4, -0.2) is 20.5 Å². The lowest BCUT2D eigenvalue weighted by Gasteiger charge is -2.18. The average molecular weight is 257 g/mol. The van der Waals surface area contributed by atoms with Crippen LogP contribution >= 0.6 is 11.6 Å². The molecule has 94 valence electrons. The Morgan fingerprint density at radius 1 is 1.41 bits per heavy atom. The van der Waals surface area contributed by atoms with Crippen LogP contribution in [0.2, 0.25) is 5.02 Å². The Morgan fingerprint density at radius 2 is 2.06 bits per heavy atom. The van der Waals surface area contributed by atoms with E-state index in [1.54, 1.807) is 14.2 Å². The van der Waals surface area contributed by atoms with Crippen LogP contribution in [-0.2, 0) is 4.79 Å². The van der Waals surface area contributed by atoms with Crippen molar-refractivity contribution in [2.45, 2.75) is 26.2 Å². The summed E-state index contributed by atoms with van der Waals surface area (Å²) in [5.41, 5.74) is 1.94. The Kier molecular flexibility index (Phi) is 4.82. The van der Waals surface area contributed by atoms with E-state index in [2.05, 4.69) is 0 Å². The number of halogens is 1. The Hall–Kier alpha value is -1.22. The zero-order valence-corrected chi connectivity index (χ0v) is 11.3. The third-order valence-electron chi connectivity index (χ3n) is 2.88. The van der Waals surface area contributed by atoms with Gasteiger partial charge in [0.05, 0.1) is 19.2 Å². The molecule has 1 rings (SSSR count). The van der Waals surface area contributed by atoms with Gasteiger partial charge in [-0.25, -0.2) is 0 Å². The van der Waals surface area contributed by atoms with Crippen LogP contribution in [0.25, 0.3) is 0 Å². The minimum absolute atomic E-state index is 0.116. The summed E-state index contributed by atoms with van der Waals surface area (Å²) in [5, 5.41) is 0.541. The fraction of sp³-hybridized carbons (Fsp3) is 0.462. The third kappa shape index (κ3) is 2.72. The predicted molar refractivity (Wildman–Crippen MR) is 68.4 cm³/mol. The van der Waals surface area contributed by atoms with E-state index in [-0.39, 0.29) is 5.92 Å². The zero-order chi connectivity index (χ0) is 13.0. The molecule has 0 saturated carbocycles. The van der Waals surface area contributed by atoms with Gasteiger partial charge < -0.3 is 14.3 Å². The van der Waals surface area contributed by atoms with Crippen LogP contribution in [0.3, 0.4) is 0 Å². The first-order valence-corrected chi connectivity index (χ1v) is 5.79. The van der Waals surface area contributed by atoms with E-state index in [4.69, 9.17) is 21.1 Å². The molecule has 0 aliphatic rings. The number of methoxy groups -OCH3 is 2. The number of aldehydes is 1. The molecular formula is C13H17ClO3. The van der Waals surface area contributed by atoms with Gasteiger partial charge in [-0.15, -0.1) is 0 Å². The van der Waals surface area contributed by atoms with Gasteiger partial charge in [0.25, 0.3) is 0 Å². The van der Waals surface area contributed by atoms with Gasteiger partial charge in [0.1, 0.15) is 6.29 Å². The molecule has 0 aliphatic carbocycles. The number of ether oxygens (including phenoxy) is 2. The number of carbonyl (C=O) groups is 1. The van der Waals surface area contributed by atoms with E-state index in [9.17, 15) is 4.79 Å². The first kappa shape index (κ1) is 13.8. The number of benzene rings is 1. The van der Waals surface area contributed by atoms with Gasteiger partial charge in [-0.3, -0.25) is 0 Å². The summed E-state index contributed by atoms with van der Waals surface area (Å²) in [6.07, 6.45) is 1.38. The van der Waals surface area contributed by atoms with Crippen molar-refractivity contribution in [1.82, 2.24) is 0 Å². The molecule has 4 heteroatoms. The molecule has 0 amide bonds. The minimum atomic E-state index is 0.116. The molecule has 0 heterocycles. The molecule has 1 aromatic rings. The summed E-state index contributed by atoms with van der Waals surface area (Å²) in [7, 11) is 3.12. The number of rotatable bonds is 5. The third-order valence-corrected chi connectivity index (χ3v) is 3.33. The van der Waals surface area contributed by atoms with E-state index in [1.165, 1.54) is 0 Å². The Labute approximate surface area is 107 Å². The van der Waals surface area contributed by atoms with Gasteiger partial charge in [0.15, 0.2) is 11.5 Å². The molecule has 1 aromatic carbocycles. The molecule has 1 atom stereocenters. The van der Waals surface area contributed by atoms with E-state index < -0.39 is 0 Å².